The normalized spacial score (nSPS) is 13.5. The van der Waals surface area contributed by atoms with E-state index in [1.54, 1.807) is 24.3 Å². The van der Waals surface area contributed by atoms with Gasteiger partial charge in [0.1, 0.15) is 0 Å². The number of carbonyl (C=O) groups excluding carboxylic acids is 1. The highest BCUT2D eigenvalue weighted by atomic mass is 35.5. The summed E-state index contributed by atoms with van der Waals surface area (Å²) >= 11 is 6.05. The van der Waals surface area contributed by atoms with Gasteiger partial charge in [-0.05, 0) is 48.7 Å². The van der Waals surface area contributed by atoms with Crippen molar-refractivity contribution in [3.05, 3.63) is 52.5 Å². The van der Waals surface area contributed by atoms with Gasteiger partial charge in [0.2, 0.25) is 10.0 Å². The van der Waals surface area contributed by atoms with Crippen LogP contribution in [0.3, 0.4) is 0 Å². The van der Waals surface area contributed by atoms with E-state index in [0.717, 1.165) is 11.1 Å². The first-order valence-corrected chi connectivity index (χ1v) is 9.91. The number of halogens is 1. The molecule has 2 amide bonds. The minimum atomic E-state index is -3.33. The van der Waals surface area contributed by atoms with Crippen molar-refractivity contribution in [3.63, 3.8) is 0 Å². The van der Waals surface area contributed by atoms with Crippen molar-refractivity contribution in [2.45, 2.75) is 13.3 Å². The third-order valence-corrected chi connectivity index (χ3v) is 5.61. The number of sulfonamides is 1. The van der Waals surface area contributed by atoms with Crippen LogP contribution >= 0.6 is 11.6 Å². The molecule has 2 aromatic rings. The third kappa shape index (κ3) is 3.88. The second kappa shape index (κ2) is 6.57. The van der Waals surface area contributed by atoms with E-state index < -0.39 is 16.1 Å². The highest BCUT2D eigenvalue weighted by Crippen LogP contribution is 2.32. The van der Waals surface area contributed by atoms with Gasteiger partial charge >= 0.3 is 6.03 Å². The van der Waals surface area contributed by atoms with Crippen LogP contribution in [-0.4, -0.2) is 27.2 Å². The van der Waals surface area contributed by atoms with Gasteiger partial charge in [0.25, 0.3) is 0 Å². The molecule has 132 valence electrons. The number of urea groups is 1. The Kier molecular flexibility index (Phi) is 4.62. The van der Waals surface area contributed by atoms with Gasteiger partial charge in [-0.1, -0.05) is 23.7 Å². The van der Waals surface area contributed by atoms with Gasteiger partial charge in [-0.3, -0.25) is 4.31 Å². The summed E-state index contributed by atoms with van der Waals surface area (Å²) in [5.41, 5.74) is 3.57. The summed E-state index contributed by atoms with van der Waals surface area (Å²) in [6, 6.07) is 10.1. The van der Waals surface area contributed by atoms with Crippen LogP contribution in [0.15, 0.2) is 36.4 Å². The average molecular weight is 380 g/mol. The maximum Gasteiger partial charge on any atom is 0.323 e. The van der Waals surface area contributed by atoms with Crippen LogP contribution in [0.4, 0.5) is 21.9 Å². The van der Waals surface area contributed by atoms with Gasteiger partial charge in [0.05, 0.1) is 11.9 Å². The number of hydrogen-bond donors (Lipinski definition) is 2. The van der Waals surface area contributed by atoms with Crippen LogP contribution in [0, 0.1) is 6.92 Å². The number of nitrogens with zero attached hydrogens (tertiary/aromatic N) is 1. The molecule has 0 saturated heterocycles. The van der Waals surface area contributed by atoms with Crippen LogP contribution in [0.1, 0.15) is 11.1 Å². The Morgan fingerprint density at radius 2 is 1.76 bits per heavy atom. The summed E-state index contributed by atoms with van der Waals surface area (Å²) in [5, 5.41) is 5.98. The number of nitrogens with one attached hydrogen (secondary N) is 2. The number of rotatable bonds is 3. The van der Waals surface area contributed by atoms with E-state index in [4.69, 9.17) is 11.6 Å². The predicted octanol–water partition coefficient (Wildman–Crippen LogP) is 3.61. The first-order valence-electron chi connectivity index (χ1n) is 7.69. The van der Waals surface area contributed by atoms with Crippen LogP contribution in [-0.2, 0) is 16.4 Å². The number of fused-ring (bicyclic) bond motifs is 1. The topological polar surface area (TPSA) is 78.5 Å². The monoisotopic (exact) mass is 379 g/mol. The lowest BCUT2D eigenvalue weighted by Gasteiger charge is -2.17. The molecule has 0 unspecified atom stereocenters. The minimum Gasteiger partial charge on any atom is -0.308 e. The molecule has 0 aliphatic carbocycles. The first-order chi connectivity index (χ1) is 11.7. The summed E-state index contributed by atoms with van der Waals surface area (Å²) in [5.74, 6) is 0. The zero-order valence-electron chi connectivity index (χ0n) is 13.8. The second-order valence-corrected chi connectivity index (χ2v) is 8.29. The molecule has 0 aromatic heterocycles. The van der Waals surface area contributed by atoms with Crippen LogP contribution in [0.5, 0.6) is 0 Å². The summed E-state index contributed by atoms with van der Waals surface area (Å²) in [4.78, 5) is 12.2. The number of aryl methyl sites for hydroxylation is 1. The molecule has 0 bridgehead atoms. The van der Waals surface area contributed by atoms with Gasteiger partial charge < -0.3 is 10.6 Å². The molecule has 6 nitrogen and oxygen atoms in total. The highest BCUT2D eigenvalue weighted by molar-refractivity contribution is 7.92. The van der Waals surface area contributed by atoms with Crippen LogP contribution < -0.4 is 14.9 Å². The fourth-order valence-electron chi connectivity index (χ4n) is 2.74. The molecule has 1 heterocycles. The summed E-state index contributed by atoms with van der Waals surface area (Å²) in [6.45, 7) is 2.30. The Morgan fingerprint density at radius 1 is 1.12 bits per heavy atom. The quantitative estimate of drug-likeness (QED) is 0.854. The lowest BCUT2D eigenvalue weighted by molar-refractivity contribution is 0.262. The second-order valence-electron chi connectivity index (χ2n) is 5.97. The van der Waals surface area contributed by atoms with Crippen molar-refractivity contribution in [2.24, 2.45) is 0 Å². The van der Waals surface area contributed by atoms with E-state index in [1.807, 2.05) is 19.1 Å². The van der Waals surface area contributed by atoms with E-state index in [9.17, 15) is 13.2 Å². The molecule has 1 aliphatic heterocycles. The van der Waals surface area contributed by atoms with Crippen LogP contribution in [0.25, 0.3) is 0 Å². The lowest BCUT2D eigenvalue weighted by Crippen LogP contribution is -2.27. The Labute approximate surface area is 151 Å². The Hall–Kier alpha value is -2.25. The van der Waals surface area contributed by atoms with Crippen molar-refractivity contribution >= 4 is 44.7 Å². The lowest BCUT2D eigenvalue weighted by atomic mass is 10.1. The van der Waals surface area contributed by atoms with E-state index in [0.29, 0.717) is 35.1 Å². The Morgan fingerprint density at radius 3 is 2.40 bits per heavy atom. The summed E-state index contributed by atoms with van der Waals surface area (Å²) in [6.07, 6.45) is 1.84. The van der Waals surface area contributed by atoms with E-state index in [-0.39, 0.29) is 0 Å². The SMILES string of the molecule is Cc1ccc(NC(=O)Nc2ccc3c(c2)N(S(C)(=O)=O)CC3)cc1Cl. The zero-order valence-corrected chi connectivity index (χ0v) is 15.4. The molecule has 0 fully saturated rings. The van der Waals surface area contributed by atoms with Gasteiger partial charge in [-0.2, -0.15) is 0 Å². The smallest absolute Gasteiger partial charge is 0.308 e. The minimum absolute atomic E-state index is 0.422. The third-order valence-electron chi connectivity index (χ3n) is 4.03. The Balaban J connectivity index is 1.75. The fraction of sp³-hybridized carbons (Fsp3) is 0.235. The number of benzene rings is 2. The predicted molar refractivity (Wildman–Crippen MR) is 101 cm³/mol. The highest BCUT2D eigenvalue weighted by Gasteiger charge is 2.26. The first kappa shape index (κ1) is 17.6. The van der Waals surface area contributed by atoms with E-state index in [1.165, 1.54) is 10.6 Å². The standard InChI is InChI=1S/C17H18ClN3O3S/c1-11-3-5-13(9-15(11)18)19-17(22)20-14-6-4-12-7-8-21(16(12)10-14)25(2,23)24/h3-6,9-10H,7-8H2,1-2H3,(H2,19,20,22). The van der Waals surface area contributed by atoms with Crippen molar-refractivity contribution in [3.8, 4) is 0 Å². The molecule has 8 heteroatoms. The summed E-state index contributed by atoms with van der Waals surface area (Å²) in [7, 11) is -3.33. The maximum absolute atomic E-state index is 12.2. The fourth-order valence-corrected chi connectivity index (χ4v) is 3.87. The largest absolute Gasteiger partial charge is 0.323 e. The van der Waals surface area contributed by atoms with Crippen molar-refractivity contribution in [1.82, 2.24) is 0 Å². The van der Waals surface area contributed by atoms with Crippen molar-refractivity contribution < 1.29 is 13.2 Å². The maximum atomic E-state index is 12.2. The summed E-state index contributed by atoms with van der Waals surface area (Å²) < 4.78 is 25.0. The number of carbonyl (C=O) groups is 1. The van der Waals surface area contributed by atoms with E-state index >= 15 is 0 Å². The molecule has 25 heavy (non-hydrogen) atoms. The van der Waals surface area contributed by atoms with Gasteiger partial charge in [0, 0.05) is 22.9 Å². The number of amides is 2. The molecule has 0 spiro atoms. The molecule has 0 radical (unpaired) electrons. The molecule has 0 saturated carbocycles. The molecular weight excluding hydrogens is 362 g/mol. The molecule has 1 aliphatic rings. The average Bonchev–Trinajstić information content (AvgIpc) is 2.94. The van der Waals surface area contributed by atoms with Crippen molar-refractivity contribution in [1.29, 1.82) is 0 Å². The van der Waals surface area contributed by atoms with E-state index in [2.05, 4.69) is 10.6 Å². The van der Waals surface area contributed by atoms with Gasteiger partial charge in [0.15, 0.2) is 0 Å². The van der Waals surface area contributed by atoms with Gasteiger partial charge in [-0.15, -0.1) is 0 Å². The molecule has 2 N–H and O–H groups in total. The number of anilines is 3. The van der Waals surface area contributed by atoms with Gasteiger partial charge in [-0.25, -0.2) is 13.2 Å². The zero-order chi connectivity index (χ0) is 18.2. The molecule has 3 rings (SSSR count). The Bertz CT molecular complexity index is 944. The molecule has 2 aromatic carbocycles. The van der Waals surface area contributed by atoms with Crippen LogP contribution in [0.2, 0.25) is 5.02 Å². The molecular formula is C17H18ClN3O3S. The van der Waals surface area contributed by atoms with Crippen molar-refractivity contribution in [2.75, 3.05) is 27.7 Å². The molecule has 0 atom stereocenters. The number of hydrogen-bond acceptors (Lipinski definition) is 3.